The minimum absolute atomic E-state index is 0.0842. The van der Waals surface area contributed by atoms with Crippen molar-refractivity contribution in [1.29, 1.82) is 0 Å². The molecule has 0 fully saturated rings. The van der Waals surface area contributed by atoms with Gasteiger partial charge in [0.2, 0.25) is 0 Å². The molecule has 0 aliphatic rings. The summed E-state index contributed by atoms with van der Waals surface area (Å²) in [5.74, 6) is 2.00. The van der Waals surface area contributed by atoms with Crippen LogP contribution in [0.15, 0.2) is 199 Å². The topological polar surface area (TPSA) is 108 Å². The third kappa shape index (κ3) is 68.9. The number of Topliss-reactive ketones (excluding diaryl/α,β-unsaturated/α-hetero) is 1. The van der Waals surface area contributed by atoms with Gasteiger partial charge in [-0.25, -0.2) is 8.42 Å². The molecule has 0 atom stereocenters. The lowest BCUT2D eigenvalue weighted by Crippen LogP contribution is -2.27. The van der Waals surface area contributed by atoms with Crippen LogP contribution in [0.5, 0.6) is 11.5 Å². The second kappa shape index (κ2) is 57.1. The monoisotopic (exact) mass is 2080 g/mol. The van der Waals surface area contributed by atoms with Gasteiger partial charge in [0.15, 0.2) is 15.6 Å². The van der Waals surface area contributed by atoms with Crippen LogP contribution >= 0.6 is 11.6 Å². The Bertz CT molecular complexity index is 5230. The summed E-state index contributed by atoms with van der Waals surface area (Å²) >= 11 is 6.19. The summed E-state index contributed by atoms with van der Waals surface area (Å²) < 4.78 is 35.4. The molecule has 0 radical (unpaired) electrons. The third-order valence-electron chi connectivity index (χ3n) is 23.0. The number of pyridine rings is 1. The number of aromatic nitrogens is 3. The number of carbonyl (C=O) groups is 1. The van der Waals surface area contributed by atoms with Crippen molar-refractivity contribution in [3.05, 3.63) is 283 Å². The van der Waals surface area contributed by atoms with Crippen LogP contribution in [0.2, 0.25) is 5.02 Å². The average Bonchev–Trinajstić information content (AvgIpc) is 0.790. The zero-order valence-electron chi connectivity index (χ0n) is 106. The summed E-state index contributed by atoms with van der Waals surface area (Å²) in [5, 5.41) is 0.701. The van der Waals surface area contributed by atoms with E-state index < -0.39 is 14.6 Å². The lowest BCUT2D eigenvalue weighted by Gasteiger charge is -2.22. The Morgan fingerprint density at radius 3 is 0.886 bits per heavy atom. The predicted molar refractivity (Wildman–Crippen MR) is 657 cm³/mol. The summed E-state index contributed by atoms with van der Waals surface area (Å²) in [5.41, 5.74) is 23.6. The molecular weight excluding hydrogens is 1860 g/mol. The second-order valence-electron chi connectivity index (χ2n) is 63.4. The van der Waals surface area contributed by atoms with E-state index in [4.69, 9.17) is 26.1 Å². The first-order valence-electron chi connectivity index (χ1n) is 55.8. The highest BCUT2D eigenvalue weighted by atomic mass is 35.5. The van der Waals surface area contributed by atoms with E-state index in [-0.39, 0.29) is 54.5 Å². The van der Waals surface area contributed by atoms with E-state index in [2.05, 4.69) is 482 Å². The number of halogens is 1. The Morgan fingerprint density at radius 1 is 0.268 bits per heavy atom. The molecule has 0 N–H and O–H groups in total. The molecule has 0 amide bonds. The van der Waals surface area contributed by atoms with Crippen molar-refractivity contribution in [3.8, 4) is 11.5 Å². The normalized spacial score (nSPS) is 12.9. The van der Waals surface area contributed by atoms with Crippen LogP contribution in [-0.4, -0.2) is 47.1 Å². The molecule has 0 saturated heterocycles. The Morgan fingerprint density at radius 2 is 0.557 bits per heavy atom. The number of carbonyl (C=O) groups excluding carboxylic acids is 1. The SMILES string of the molecule is CC(C)(C)CCOc1cc(CC(C)(C)C)ccc1Cl.CC(C)(C)CCOc1ccc(CC(C)(C)C)cc1.CC(C)(C)Cc1ccc(C(=O)C(C)(C)C)cc1.CC(C)(C)Cc1ccc(CC(C)(C)C)cc1.CC(C)(C)Cc1ccc(S(=O)(=O)C(C)(C)C)cc1.CC(C)(C)Cc1cccc(C(C)(C)C)c1.CC(C)(C)Cc1cccc(C(C)(C)C)n1.CC(C)(C)Cc1cccc(CC(C)(C)C)c1.CC(C)(C)Cc1cncc(C(C)(C)C)n1. The molecule has 10 heteroatoms. The molecule has 0 spiro atoms. The quantitative estimate of drug-likeness (QED) is 0.0737. The number of hydrogen-bond donors (Lipinski definition) is 0. The summed E-state index contributed by atoms with van der Waals surface area (Å²) in [4.78, 5) is 26.1. The fourth-order valence-corrected chi connectivity index (χ4v) is 17.4. The van der Waals surface area contributed by atoms with E-state index in [1.165, 1.54) is 67.0 Å². The van der Waals surface area contributed by atoms with Crippen LogP contribution in [0, 0.1) is 75.8 Å². The highest BCUT2D eigenvalue weighted by Crippen LogP contribution is 2.37. The molecule has 7 aromatic carbocycles. The van der Waals surface area contributed by atoms with Gasteiger partial charge in [-0.3, -0.25) is 19.7 Å². The molecule has 0 aliphatic heterocycles. The minimum atomic E-state index is -3.24. The van der Waals surface area contributed by atoms with Crippen LogP contribution in [-0.2, 0) is 96.7 Å². The third-order valence-corrected chi connectivity index (χ3v) is 25.8. The molecular formula is C139H224ClN3O5S. The number of benzene rings is 7. The largest absolute Gasteiger partial charge is 0.494 e. The van der Waals surface area contributed by atoms with Gasteiger partial charge in [0.25, 0.3) is 0 Å². The van der Waals surface area contributed by atoms with Crippen molar-refractivity contribution < 1.29 is 22.7 Å². The van der Waals surface area contributed by atoms with Crippen molar-refractivity contribution in [2.45, 2.75) is 483 Å². The Kier molecular flexibility index (Phi) is 53.4. The van der Waals surface area contributed by atoms with E-state index in [9.17, 15) is 13.2 Å². The van der Waals surface area contributed by atoms with Crippen molar-refractivity contribution in [1.82, 2.24) is 15.0 Å². The van der Waals surface area contributed by atoms with Crippen LogP contribution < -0.4 is 9.47 Å². The first-order chi connectivity index (χ1) is 66.6. The van der Waals surface area contributed by atoms with E-state index in [0.717, 1.165) is 119 Å². The number of rotatable bonds is 19. The molecule has 149 heavy (non-hydrogen) atoms. The van der Waals surface area contributed by atoms with Crippen LogP contribution in [0.3, 0.4) is 0 Å². The van der Waals surface area contributed by atoms with Crippen LogP contribution in [0.25, 0.3) is 0 Å². The molecule has 9 rings (SSSR count). The Balaban J connectivity index is 0.000000839. The smallest absolute Gasteiger partial charge is 0.183 e. The van der Waals surface area contributed by atoms with E-state index in [1.807, 2.05) is 63.5 Å². The molecule has 2 heterocycles. The van der Waals surface area contributed by atoms with E-state index in [1.54, 1.807) is 32.9 Å². The molecule has 2 aromatic heterocycles. The van der Waals surface area contributed by atoms with Gasteiger partial charge >= 0.3 is 0 Å². The number of ether oxygens (including phenoxy) is 2. The van der Waals surface area contributed by atoms with Gasteiger partial charge in [-0.2, -0.15) is 0 Å². The van der Waals surface area contributed by atoms with Gasteiger partial charge in [-0.15, -0.1) is 0 Å². The van der Waals surface area contributed by atoms with Gasteiger partial charge in [0.1, 0.15) is 11.5 Å². The summed E-state index contributed by atoms with van der Waals surface area (Å²) in [6.45, 7) is 120. The zero-order valence-corrected chi connectivity index (χ0v) is 108. The highest BCUT2D eigenvalue weighted by Gasteiger charge is 2.32. The lowest BCUT2D eigenvalue weighted by atomic mass is 9.83. The van der Waals surface area contributed by atoms with Gasteiger partial charge in [-0.05, 0) is 284 Å². The molecule has 0 unspecified atom stereocenters. The van der Waals surface area contributed by atoms with Crippen molar-refractivity contribution >= 4 is 27.2 Å². The fraction of sp³-hybridized carbons (Fsp3) is 0.626. The maximum atomic E-state index is 12.3. The molecule has 0 aliphatic carbocycles. The van der Waals surface area contributed by atoms with E-state index >= 15 is 0 Å². The summed E-state index contributed by atoms with van der Waals surface area (Å²) in [7, 11) is -3.24. The van der Waals surface area contributed by atoms with Gasteiger partial charge in [0, 0.05) is 45.6 Å². The van der Waals surface area contributed by atoms with Crippen molar-refractivity contribution in [3.63, 3.8) is 0 Å². The molecule has 9 aromatic rings. The maximum Gasteiger partial charge on any atom is 0.183 e. The Labute approximate surface area is 925 Å². The number of hydrogen-bond acceptors (Lipinski definition) is 8. The fourth-order valence-electron chi connectivity index (χ4n) is 16.0. The molecule has 8 nitrogen and oxygen atoms in total. The zero-order chi connectivity index (χ0) is 116. The predicted octanol–water partition coefficient (Wildman–Crippen LogP) is 40.8. The summed E-state index contributed by atoms with van der Waals surface area (Å²) in [6, 6.07) is 63.5. The number of ketones is 1. The van der Waals surface area contributed by atoms with Crippen LogP contribution in [0.1, 0.15) is 475 Å². The molecule has 838 valence electrons. The first kappa shape index (κ1) is 139. The van der Waals surface area contributed by atoms with Gasteiger partial charge in [0.05, 0.1) is 39.3 Å². The first-order valence-corrected chi connectivity index (χ1v) is 57.6. The van der Waals surface area contributed by atoms with Crippen molar-refractivity contribution in [2.24, 2.45) is 75.8 Å². The van der Waals surface area contributed by atoms with Gasteiger partial charge in [-0.1, -0.05) is 498 Å². The van der Waals surface area contributed by atoms with Crippen LogP contribution in [0.4, 0.5) is 0 Å². The molecule has 0 saturated carbocycles. The van der Waals surface area contributed by atoms with E-state index in [0.29, 0.717) is 59.8 Å². The molecule has 0 bridgehead atoms. The highest BCUT2D eigenvalue weighted by molar-refractivity contribution is 7.92. The minimum Gasteiger partial charge on any atom is -0.494 e. The lowest BCUT2D eigenvalue weighted by molar-refractivity contribution is 0.0858. The average molecular weight is 2080 g/mol. The summed E-state index contributed by atoms with van der Waals surface area (Å²) in [6.07, 6.45) is 17.8. The van der Waals surface area contributed by atoms with Gasteiger partial charge < -0.3 is 9.47 Å². The second-order valence-corrected chi connectivity index (χ2v) is 66.5. The maximum absolute atomic E-state index is 12.3. The Hall–Kier alpha value is -7.72. The standard InChI is InChI=1S/C17H27ClO.C17H28O.C16H24O.2C16H26.C15H24O2S.C15H24.C14H23N.C13H22N2/c1-16(2,3)9-10-19-15-11-13(7-8-14(15)18)12-17(4,5)6;1-16(2,3)11-12-18-15-9-7-14(8-10-15)13-17(4,5)6;1-15(2,3)11-12-7-9-13(10-8-12)14(17)16(4,5)6;1-15(2,3)11-13-7-9-14(10-8-13)12-16(4,5)6;1-15(2,3)11-13-8-7-9-14(10-13)12-16(4,5)6;1-14(2,3)11-12-7-9-13(10-8-12)18(16,17)15(4,5)6;1-14(2,3)11-12-8-7-9-13(10-12)15(4,5)6;1-13(2,3)10-11-8-7-9-12(15-11)14(4,5)6;1-12(2,3)7-10-8-14-9-11(15-10)13(4,5)6/h7-8,11H,9-10,12H2,1-6H3;7-10H,11-13H2,1-6H3;7-10H,11H2,1-6H3;2*7-10H,11-12H2,1-6H3;7-10H,11H2,1-6H3;7-10H,11H2,1-6H3;7-9H,10H2,1-6H3;8-9H,7H2,1-6H3. The number of sulfone groups is 1. The number of nitrogens with zero attached hydrogens (tertiary/aromatic N) is 3. The van der Waals surface area contributed by atoms with Crippen molar-refractivity contribution in [2.75, 3.05) is 13.2 Å².